The van der Waals surface area contributed by atoms with Crippen LogP contribution in [0.1, 0.15) is 65.5 Å². The molecule has 40 heavy (non-hydrogen) atoms. The summed E-state index contributed by atoms with van der Waals surface area (Å²) in [5.74, 6) is 1.81. The van der Waals surface area contributed by atoms with Crippen LogP contribution in [0.5, 0.6) is 11.5 Å². The van der Waals surface area contributed by atoms with E-state index in [1.807, 2.05) is 24.3 Å². The highest BCUT2D eigenvalue weighted by molar-refractivity contribution is 7.99. The third-order valence-corrected chi connectivity index (χ3v) is 9.98. The number of ether oxygens (including phenoxy) is 2. The summed E-state index contributed by atoms with van der Waals surface area (Å²) >= 11 is 1.71. The Kier molecular flexibility index (Phi) is 8.47. The lowest BCUT2D eigenvalue weighted by atomic mass is 9.82. The molecule has 1 unspecified atom stereocenters. The van der Waals surface area contributed by atoms with E-state index in [0.717, 1.165) is 58.1 Å². The molecule has 3 aromatic rings. The average Bonchev–Trinajstić information content (AvgIpc) is 3.27. The Morgan fingerprint density at radius 1 is 1.05 bits per heavy atom. The predicted octanol–water partition coefficient (Wildman–Crippen LogP) is 6.90. The normalized spacial score (nSPS) is 18.2. The first-order valence-corrected chi connectivity index (χ1v) is 16.8. The van der Waals surface area contributed by atoms with Gasteiger partial charge < -0.3 is 14.6 Å². The molecule has 2 aliphatic rings. The van der Waals surface area contributed by atoms with Crippen molar-refractivity contribution in [3.63, 3.8) is 0 Å². The molecule has 1 aliphatic heterocycles. The maximum absolute atomic E-state index is 11.4. The number of carbonyl (C=O) groups is 1. The molecule has 8 heteroatoms. The van der Waals surface area contributed by atoms with Crippen LogP contribution in [0.2, 0.25) is 0 Å². The second-order valence-electron chi connectivity index (χ2n) is 10.9. The monoisotopic (exact) mass is 580 g/mol. The molecule has 1 aliphatic carbocycles. The van der Waals surface area contributed by atoms with E-state index in [4.69, 9.17) is 9.47 Å². The van der Waals surface area contributed by atoms with Gasteiger partial charge in [0.05, 0.1) is 18.8 Å². The van der Waals surface area contributed by atoms with Crippen LogP contribution in [0.15, 0.2) is 53.4 Å². The van der Waals surface area contributed by atoms with Gasteiger partial charge in [-0.05, 0) is 103 Å². The zero-order chi connectivity index (χ0) is 28.4. The molecule has 1 N–H and O–H groups in total. The number of carboxylic acids is 1. The van der Waals surface area contributed by atoms with Gasteiger partial charge in [-0.1, -0.05) is 24.3 Å². The van der Waals surface area contributed by atoms with Gasteiger partial charge in [0.15, 0.2) is 0 Å². The molecule has 0 radical (unpaired) electrons. The number of aryl methyl sites for hydroxylation is 2. The first-order chi connectivity index (χ1) is 19.1. The number of rotatable bonds is 10. The minimum absolute atomic E-state index is 0.0407. The summed E-state index contributed by atoms with van der Waals surface area (Å²) in [6, 6.07) is 16.7. The molecule has 1 heterocycles. The van der Waals surface area contributed by atoms with Crippen molar-refractivity contribution < 1.29 is 27.8 Å². The molecule has 6 nitrogen and oxygen atoms in total. The number of thioether (sulfide) groups is 1. The van der Waals surface area contributed by atoms with E-state index in [1.165, 1.54) is 28.5 Å². The summed E-state index contributed by atoms with van der Waals surface area (Å²) in [4.78, 5) is 12.3. The van der Waals surface area contributed by atoms with Crippen LogP contribution in [0.4, 0.5) is 0 Å². The van der Waals surface area contributed by atoms with Crippen LogP contribution < -0.4 is 9.47 Å². The van der Waals surface area contributed by atoms with Crippen LogP contribution >= 0.6 is 11.8 Å². The highest BCUT2D eigenvalue weighted by Crippen LogP contribution is 2.45. The summed E-state index contributed by atoms with van der Waals surface area (Å²) in [7, 11) is -2.99. The van der Waals surface area contributed by atoms with Crippen molar-refractivity contribution in [1.82, 2.24) is 0 Å². The number of hydrogen-bond acceptors (Lipinski definition) is 6. The Hall–Kier alpha value is -2.97. The van der Waals surface area contributed by atoms with Gasteiger partial charge in [-0.25, -0.2) is 8.42 Å². The molecule has 0 fully saturated rings. The topological polar surface area (TPSA) is 89.9 Å². The van der Waals surface area contributed by atoms with Crippen molar-refractivity contribution in [2.75, 3.05) is 24.4 Å². The van der Waals surface area contributed by atoms with Gasteiger partial charge in [-0.15, -0.1) is 11.8 Å². The van der Waals surface area contributed by atoms with Crippen molar-refractivity contribution in [2.24, 2.45) is 0 Å². The van der Waals surface area contributed by atoms with Crippen molar-refractivity contribution in [3.05, 3.63) is 76.3 Å². The van der Waals surface area contributed by atoms with E-state index < -0.39 is 15.8 Å². The van der Waals surface area contributed by atoms with Crippen molar-refractivity contribution >= 4 is 27.6 Å². The molecule has 0 aromatic heterocycles. The third kappa shape index (κ3) is 6.50. The number of aliphatic carboxylic acids is 1. The zero-order valence-electron chi connectivity index (χ0n) is 23.2. The van der Waals surface area contributed by atoms with Crippen molar-refractivity contribution in [2.45, 2.75) is 62.9 Å². The summed E-state index contributed by atoms with van der Waals surface area (Å²) in [6.45, 7) is 4.57. The molecular formula is C32H36O6S2. The molecule has 0 saturated carbocycles. The number of carboxylic acid groups (broad SMARTS) is 1. The average molecular weight is 581 g/mol. The van der Waals surface area contributed by atoms with E-state index in [0.29, 0.717) is 13.0 Å². The standard InChI is InChI=1S/C32H36O6S2/c1-20-15-24(37-13-6-14-40(3,35)36)16-21(2)32(20)28-9-4-8-27-26(28)7-5-10-29(27)38-23-11-12-25-22(17-31(33)34)19-39-30(25)18-23/h4,8-9,11-12,15-16,18,22,29H,5-7,10,13-14,17,19H2,1-3H3,(H,33,34)/t22?,29-/m1/s1. The molecule has 0 amide bonds. The quantitative estimate of drug-likeness (QED) is 0.261. The maximum Gasteiger partial charge on any atom is 0.303 e. The van der Waals surface area contributed by atoms with Gasteiger partial charge in [0.25, 0.3) is 0 Å². The first kappa shape index (κ1) is 28.6. The molecule has 212 valence electrons. The van der Waals surface area contributed by atoms with Gasteiger partial charge in [-0.2, -0.15) is 0 Å². The second-order valence-corrected chi connectivity index (χ2v) is 14.3. The van der Waals surface area contributed by atoms with Gasteiger partial charge in [0.1, 0.15) is 27.4 Å². The van der Waals surface area contributed by atoms with Gasteiger partial charge in [0, 0.05) is 22.8 Å². The third-order valence-electron chi connectivity index (χ3n) is 7.72. The van der Waals surface area contributed by atoms with Crippen molar-refractivity contribution in [3.8, 4) is 22.6 Å². The van der Waals surface area contributed by atoms with E-state index >= 15 is 0 Å². The summed E-state index contributed by atoms with van der Waals surface area (Å²) in [5.41, 5.74) is 8.34. The molecule has 0 saturated heterocycles. The van der Waals surface area contributed by atoms with Gasteiger partial charge in [0.2, 0.25) is 0 Å². The van der Waals surface area contributed by atoms with E-state index in [1.54, 1.807) is 11.8 Å². The summed E-state index contributed by atoms with van der Waals surface area (Å²) in [5, 5.41) is 9.23. The smallest absolute Gasteiger partial charge is 0.303 e. The molecule has 3 aromatic carbocycles. The Morgan fingerprint density at radius 3 is 2.55 bits per heavy atom. The number of hydrogen-bond donors (Lipinski definition) is 1. The van der Waals surface area contributed by atoms with E-state index in [9.17, 15) is 18.3 Å². The second kappa shape index (κ2) is 11.9. The fourth-order valence-corrected chi connectivity index (χ4v) is 7.90. The van der Waals surface area contributed by atoms with Crippen molar-refractivity contribution in [1.29, 1.82) is 0 Å². The Bertz CT molecular complexity index is 1510. The number of fused-ring (bicyclic) bond motifs is 2. The molecule has 0 bridgehead atoms. The minimum atomic E-state index is -2.99. The highest BCUT2D eigenvalue weighted by atomic mass is 32.2. The van der Waals surface area contributed by atoms with Crippen LogP contribution in [-0.4, -0.2) is 43.9 Å². The summed E-state index contributed by atoms with van der Waals surface area (Å²) < 4.78 is 35.3. The van der Waals surface area contributed by atoms with Gasteiger partial charge >= 0.3 is 5.97 Å². The zero-order valence-corrected chi connectivity index (χ0v) is 24.9. The number of benzene rings is 3. The first-order valence-electron chi connectivity index (χ1n) is 13.8. The fraction of sp³-hybridized carbons (Fsp3) is 0.406. The Morgan fingerprint density at radius 2 is 1.82 bits per heavy atom. The molecular weight excluding hydrogens is 544 g/mol. The van der Waals surface area contributed by atoms with Crippen LogP contribution in [0.25, 0.3) is 11.1 Å². The lowest BCUT2D eigenvalue weighted by Crippen LogP contribution is -2.16. The van der Waals surface area contributed by atoms with Crippen LogP contribution in [0, 0.1) is 13.8 Å². The molecule has 2 atom stereocenters. The van der Waals surface area contributed by atoms with E-state index in [-0.39, 0.29) is 24.2 Å². The minimum Gasteiger partial charge on any atom is -0.494 e. The van der Waals surface area contributed by atoms with Crippen LogP contribution in [0.3, 0.4) is 0 Å². The predicted molar refractivity (Wildman–Crippen MR) is 160 cm³/mol. The Labute approximate surface area is 241 Å². The SMILES string of the molecule is Cc1cc(OCCCS(C)(=O)=O)cc(C)c1-c1cccc2c1CCC[C@H]2Oc1ccc2c(c1)SCC2CC(=O)O. The molecule has 0 spiro atoms. The van der Waals surface area contributed by atoms with E-state index in [2.05, 4.69) is 38.1 Å². The largest absolute Gasteiger partial charge is 0.494 e. The number of sulfone groups is 1. The molecule has 5 rings (SSSR count). The fourth-order valence-electron chi connectivity index (χ4n) is 5.98. The lowest BCUT2D eigenvalue weighted by Gasteiger charge is -2.29. The maximum atomic E-state index is 11.4. The summed E-state index contributed by atoms with van der Waals surface area (Å²) in [6.07, 6.45) is 4.81. The van der Waals surface area contributed by atoms with Gasteiger partial charge in [-0.3, -0.25) is 4.79 Å². The Balaban J connectivity index is 1.36. The highest BCUT2D eigenvalue weighted by Gasteiger charge is 2.28. The van der Waals surface area contributed by atoms with Crippen LogP contribution in [-0.2, 0) is 21.1 Å². The lowest BCUT2D eigenvalue weighted by molar-refractivity contribution is -0.137.